The van der Waals surface area contributed by atoms with Gasteiger partial charge in [-0.3, -0.25) is 4.79 Å². The maximum atomic E-state index is 11.7. The second-order valence-corrected chi connectivity index (χ2v) is 5.79. The highest BCUT2D eigenvalue weighted by atomic mass is 32.1. The molecular weight excluding hydrogens is 286 g/mol. The molecule has 1 amide bonds. The zero-order valence-corrected chi connectivity index (χ0v) is 12.9. The molecule has 0 saturated heterocycles. The summed E-state index contributed by atoms with van der Waals surface area (Å²) in [6, 6.07) is 9.49. The van der Waals surface area contributed by atoms with E-state index in [0.29, 0.717) is 5.75 Å². The van der Waals surface area contributed by atoms with Crippen LogP contribution in [0.3, 0.4) is 0 Å². The van der Waals surface area contributed by atoms with Crippen molar-refractivity contribution >= 4 is 17.2 Å². The van der Waals surface area contributed by atoms with E-state index in [1.807, 2.05) is 49.6 Å². The van der Waals surface area contributed by atoms with E-state index in [9.17, 15) is 9.90 Å². The molecule has 2 N–H and O–H groups in total. The summed E-state index contributed by atoms with van der Waals surface area (Å²) in [4.78, 5) is 12.6. The molecule has 2 rings (SSSR count). The number of ether oxygens (including phenoxy) is 1. The van der Waals surface area contributed by atoms with Gasteiger partial charge in [0.2, 0.25) is 0 Å². The first-order valence-electron chi connectivity index (χ1n) is 6.75. The molecule has 0 fully saturated rings. The number of carbonyl (C=O) groups is 1. The smallest absolute Gasteiger partial charge is 0.258 e. The lowest BCUT2D eigenvalue weighted by Crippen LogP contribution is -2.32. The third kappa shape index (κ3) is 4.31. The van der Waals surface area contributed by atoms with Gasteiger partial charge in [0.25, 0.3) is 5.91 Å². The summed E-state index contributed by atoms with van der Waals surface area (Å²) in [5.41, 5.74) is 2.03. The molecule has 0 bridgehead atoms. The van der Waals surface area contributed by atoms with Gasteiger partial charge >= 0.3 is 0 Å². The number of rotatable bonds is 6. The van der Waals surface area contributed by atoms with Crippen LogP contribution in [0.25, 0.3) is 0 Å². The molecule has 4 nitrogen and oxygen atoms in total. The summed E-state index contributed by atoms with van der Waals surface area (Å²) in [5.74, 6) is 0.453. The van der Waals surface area contributed by atoms with Crippen LogP contribution >= 0.6 is 11.3 Å². The fourth-order valence-corrected chi connectivity index (χ4v) is 2.85. The summed E-state index contributed by atoms with van der Waals surface area (Å²) in [7, 11) is 0. The second-order valence-electron chi connectivity index (χ2n) is 4.84. The molecule has 1 aromatic carbocycles. The zero-order valence-electron chi connectivity index (χ0n) is 12.1. The third-order valence-electron chi connectivity index (χ3n) is 3.15. The van der Waals surface area contributed by atoms with Gasteiger partial charge in [0.15, 0.2) is 6.61 Å². The largest absolute Gasteiger partial charge is 0.484 e. The summed E-state index contributed by atoms with van der Waals surface area (Å²) in [6.45, 7) is 4.01. The predicted octanol–water partition coefficient (Wildman–Crippen LogP) is 2.59. The van der Waals surface area contributed by atoms with Crippen LogP contribution < -0.4 is 10.1 Å². The number of aliphatic hydroxyl groups excluding tert-OH is 1. The van der Waals surface area contributed by atoms with Crippen LogP contribution in [-0.2, 0) is 4.79 Å². The average Bonchev–Trinajstić information content (AvgIpc) is 2.90. The van der Waals surface area contributed by atoms with Gasteiger partial charge in [0, 0.05) is 11.4 Å². The van der Waals surface area contributed by atoms with Crippen LogP contribution in [0, 0.1) is 13.8 Å². The van der Waals surface area contributed by atoms with Gasteiger partial charge in [-0.2, -0.15) is 0 Å². The Kier molecular flexibility index (Phi) is 5.36. The summed E-state index contributed by atoms with van der Waals surface area (Å²) < 4.78 is 5.45. The van der Waals surface area contributed by atoms with Gasteiger partial charge in [-0.1, -0.05) is 18.2 Å². The van der Waals surface area contributed by atoms with E-state index < -0.39 is 6.10 Å². The van der Waals surface area contributed by atoms with Crippen molar-refractivity contribution in [1.29, 1.82) is 0 Å². The number of hydrogen-bond donors (Lipinski definition) is 2. The Hall–Kier alpha value is -1.85. The fraction of sp³-hybridized carbons (Fsp3) is 0.312. The van der Waals surface area contributed by atoms with Crippen LogP contribution in [0.1, 0.15) is 22.1 Å². The molecule has 0 aliphatic rings. The highest BCUT2D eigenvalue weighted by molar-refractivity contribution is 7.10. The lowest BCUT2D eigenvalue weighted by molar-refractivity contribution is -0.123. The first-order valence-corrected chi connectivity index (χ1v) is 7.63. The van der Waals surface area contributed by atoms with Gasteiger partial charge in [-0.25, -0.2) is 0 Å². The van der Waals surface area contributed by atoms with Gasteiger partial charge in [-0.15, -0.1) is 11.3 Å². The van der Waals surface area contributed by atoms with Crippen molar-refractivity contribution in [2.75, 3.05) is 13.2 Å². The minimum Gasteiger partial charge on any atom is -0.484 e. The quantitative estimate of drug-likeness (QED) is 0.862. The van der Waals surface area contributed by atoms with E-state index in [2.05, 4.69) is 5.32 Å². The van der Waals surface area contributed by atoms with Crippen LogP contribution in [-0.4, -0.2) is 24.2 Å². The molecule has 1 unspecified atom stereocenters. The monoisotopic (exact) mass is 305 g/mol. The molecular formula is C16H19NO3S. The second kappa shape index (κ2) is 7.24. The van der Waals surface area contributed by atoms with Crippen LogP contribution in [0.2, 0.25) is 0 Å². The van der Waals surface area contributed by atoms with E-state index in [0.717, 1.165) is 16.0 Å². The van der Waals surface area contributed by atoms with Crippen molar-refractivity contribution in [3.63, 3.8) is 0 Å². The Balaban J connectivity index is 1.78. The number of aliphatic hydroxyl groups is 1. The number of amides is 1. The molecule has 1 atom stereocenters. The van der Waals surface area contributed by atoms with Crippen LogP contribution in [0.5, 0.6) is 5.75 Å². The molecule has 0 aliphatic carbocycles. The topological polar surface area (TPSA) is 58.6 Å². The zero-order chi connectivity index (χ0) is 15.2. The number of aryl methyl sites for hydroxylation is 2. The van der Waals surface area contributed by atoms with E-state index in [1.54, 1.807) is 0 Å². The molecule has 21 heavy (non-hydrogen) atoms. The van der Waals surface area contributed by atoms with Gasteiger partial charge in [0.1, 0.15) is 11.9 Å². The van der Waals surface area contributed by atoms with Crippen LogP contribution in [0.4, 0.5) is 0 Å². The Morgan fingerprint density at radius 2 is 2.05 bits per heavy atom. The number of thiophene rings is 1. The van der Waals surface area contributed by atoms with Gasteiger partial charge < -0.3 is 15.2 Å². The number of benzene rings is 1. The molecule has 0 spiro atoms. The van der Waals surface area contributed by atoms with Crippen molar-refractivity contribution in [3.8, 4) is 5.75 Å². The number of carbonyl (C=O) groups excluding carboxylic acids is 1. The van der Waals surface area contributed by atoms with E-state index in [1.165, 1.54) is 11.3 Å². The normalized spacial score (nSPS) is 12.0. The van der Waals surface area contributed by atoms with Crippen molar-refractivity contribution < 1.29 is 14.6 Å². The lowest BCUT2D eigenvalue weighted by Gasteiger charge is -2.12. The van der Waals surface area contributed by atoms with Crippen molar-refractivity contribution in [3.05, 3.63) is 51.7 Å². The van der Waals surface area contributed by atoms with E-state index in [4.69, 9.17) is 4.74 Å². The maximum absolute atomic E-state index is 11.7. The Morgan fingerprint density at radius 1 is 1.29 bits per heavy atom. The summed E-state index contributed by atoms with van der Waals surface area (Å²) >= 11 is 1.49. The van der Waals surface area contributed by atoms with Crippen LogP contribution in [0.15, 0.2) is 35.7 Å². The Bertz CT molecular complexity index is 609. The van der Waals surface area contributed by atoms with E-state index >= 15 is 0 Å². The maximum Gasteiger partial charge on any atom is 0.258 e. The van der Waals surface area contributed by atoms with Crippen molar-refractivity contribution in [2.45, 2.75) is 20.0 Å². The highest BCUT2D eigenvalue weighted by Crippen LogP contribution is 2.23. The first kappa shape index (κ1) is 15.5. The summed E-state index contributed by atoms with van der Waals surface area (Å²) in [5, 5.41) is 14.6. The SMILES string of the molecule is Cc1ccccc1OCC(=O)NCC(O)c1sccc1C. The predicted molar refractivity (Wildman–Crippen MR) is 83.7 cm³/mol. The minimum atomic E-state index is -0.674. The third-order valence-corrected chi connectivity index (χ3v) is 4.27. The Morgan fingerprint density at radius 3 is 2.71 bits per heavy atom. The number of hydrogen-bond acceptors (Lipinski definition) is 4. The number of nitrogens with one attached hydrogen (secondary N) is 1. The molecule has 0 aliphatic heterocycles. The first-order chi connectivity index (χ1) is 10.1. The molecule has 112 valence electrons. The molecule has 1 aromatic heterocycles. The lowest BCUT2D eigenvalue weighted by atomic mass is 10.2. The Labute approximate surface area is 128 Å². The fourth-order valence-electron chi connectivity index (χ4n) is 1.94. The highest BCUT2D eigenvalue weighted by Gasteiger charge is 2.13. The van der Waals surface area contributed by atoms with Crippen molar-refractivity contribution in [2.24, 2.45) is 0 Å². The van der Waals surface area contributed by atoms with Crippen molar-refractivity contribution in [1.82, 2.24) is 5.32 Å². The molecule has 1 heterocycles. The molecule has 5 heteroatoms. The minimum absolute atomic E-state index is 0.0546. The number of para-hydroxylation sites is 1. The molecule has 0 radical (unpaired) electrons. The molecule has 0 saturated carbocycles. The average molecular weight is 305 g/mol. The van der Waals surface area contributed by atoms with E-state index in [-0.39, 0.29) is 19.1 Å². The molecule has 2 aromatic rings. The summed E-state index contributed by atoms with van der Waals surface area (Å²) in [6.07, 6.45) is -0.674. The van der Waals surface area contributed by atoms with Gasteiger partial charge in [-0.05, 0) is 42.5 Å². The van der Waals surface area contributed by atoms with Gasteiger partial charge in [0.05, 0.1) is 0 Å². The standard InChI is InChI=1S/C16H19NO3S/c1-11-5-3-4-6-14(11)20-10-15(19)17-9-13(18)16-12(2)7-8-21-16/h3-8,13,18H,9-10H2,1-2H3,(H,17,19).